The summed E-state index contributed by atoms with van der Waals surface area (Å²) in [5.74, 6) is -1.76. The Bertz CT molecular complexity index is 1280. The highest BCUT2D eigenvalue weighted by molar-refractivity contribution is 7.92. The second kappa shape index (κ2) is 8.12. The third-order valence-corrected chi connectivity index (χ3v) is 7.52. The predicted molar refractivity (Wildman–Crippen MR) is 116 cm³/mol. The largest absolute Gasteiger partial charge is 0.365 e. The molecule has 7 nitrogen and oxygen atoms in total. The Morgan fingerprint density at radius 1 is 1.03 bits per heavy atom. The van der Waals surface area contributed by atoms with Gasteiger partial charge in [0.15, 0.2) is 0 Å². The van der Waals surface area contributed by atoms with Crippen LogP contribution in [0.4, 0.5) is 15.1 Å². The Hall–Kier alpha value is -3.24. The first kappa shape index (κ1) is 21.0. The van der Waals surface area contributed by atoms with E-state index in [-0.39, 0.29) is 16.1 Å². The zero-order valence-corrected chi connectivity index (χ0v) is 17.8. The molecule has 31 heavy (non-hydrogen) atoms. The zero-order valence-electron chi connectivity index (χ0n) is 16.1. The maximum atomic E-state index is 13.1. The fourth-order valence-corrected chi connectivity index (χ4v) is 5.88. The summed E-state index contributed by atoms with van der Waals surface area (Å²) in [5.41, 5.74) is 6.84. The lowest BCUT2D eigenvalue weighted by atomic mass is 10.1. The molecule has 2 aromatic carbocycles. The van der Waals surface area contributed by atoms with E-state index in [4.69, 9.17) is 5.73 Å². The number of nitrogens with two attached hydrogens (primary N) is 1. The van der Waals surface area contributed by atoms with Gasteiger partial charge in [0.2, 0.25) is 0 Å². The van der Waals surface area contributed by atoms with Crippen LogP contribution in [-0.4, -0.2) is 20.2 Å². The van der Waals surface area contributed by atoms with Crippen molar-refractivity contribution in [3.63, 3.8) is 0 Å². The van der Waals surface area contributed by atoms with E-state index in [1.54, 1.807) is 12.1 Å². The molecule has 0 atom stereocenters. The highest BCUT2D eigenvalue weighted by Gasteiger charge is 2.27. The molecule has 0 fully saturated rings. The summed E-state index contributed by atoms with van der Waals surface area (Å²) in [6.07, 6.45) is 2.49. The molecule has 1 aliphatic rings. The van der Waals surface area contributed by atoms with Gasteiger partial charge in [-0.2, -0.15) is 0 Å². The topological polar surface area (TPSA) is 118 Å². The number of rotatable bonds is 6. The Balaban J connectivity index is 1.63. The monoisotopic (exact) mass is 459 g/mol. The number of halogens is 1. The molecule has 1 heterocycles. The number of fused-ring (bicyclic) bond motifs is 1. The van der Waals surface area contributed by atoms with E-state index in [9.17, 15) is 22.4 Å². The lowest BCUT2D eigenvalue weighted by Gasteiger charge is -2.13. The lowest BCUT2D eigenvalue weighted by Crippen LogP contribution is -2.20. The first-order valence-electron chi connectivity index (χ1n) is 9.39. The Labute approximate surface area is 182 Å². The average molecular weight is 460 g/mol. The summed E-state index contributed by atoms with van der Waals surface area (Å²) in [4.78, 5) is 25.8. The standard InChI is InChI=1S/C21H18FN3O4S2/c22-12-8-10-13(11-9-12)31(28,29)25-16-6-2-1-4-14(16)20(27)24-21-18(19(23)26)15-5-3-7-17(15)30-21/h1-2,4,6,8-11,25H,3,5,7H2,(H2,23,26)(H,24,27). The number of hydrogen-bond donors (Lipinski definition) is 3. The number of aryl methyl sites for hydroxylation is 1. The van der Waals surface area contributed by atoms with E-state index in [2.05, 4.69) is 10.0 Å². The van der Waals surface area contributed by atoms with Crippen LogP contribution in [0, 0.1) is 5.82 Å². The number of sulfonamides is 1. The maximum absolute atomic E-state index is 13.1. The summed E-state index contributed by atoms with van der Waals surface area (Å²) in [5, 5.41) is 3.06. The van der Waals surface area contributed by atoms with Gasteiger partial charge in [-0.15, -0.1) is 11.3 Å². The number of primary amides is 1. The molecular weight excluding hydrogens is 441 g/mol. The highest BCUT2D eigenvalue weighted by Crippen LogP contribution is 2.39. The van der Waals surface area contributed by atoms with Crippen molar-refractivity contribution in [1.82, 2.24) is 0 Å². The van der Waals surface area contributed by atoms with Crippen molar-refractivity contribution >= 4 is 43.9 Å². The van der Waals surface area contributed by atoms with Gasteiger partial charge in [-0.05, 0) is 61.2 Å². The first-order valence-corrected chi connectivity index (χ1v) is 11.7. The van der Waals surface area contributed by atoms with Crippen LogP contribution >= 0.6 is 11.3 Å². The summed E-state index contributed by atoms with van der Waals surface area (Å²) in [7, 11) is -4.05. The molecule has 2 amide bonds. The number of hydrogen-bond acceptors (Lipinski definition) is 5. The molecule has 1 aliphatic carbocycles. The van der Waals surface area contributed by atoms with Crippen LogP contribution in [0.3, 0.4) is 0 Å². The third kappa shape index (κ3) is 4.17. The maximum Gasteiger partial charge on any atom is 0.261 e. The second-order valence-corrected chi connectivity index (χ2v) is 9.77. The number of thiophene rings is 1. The molecule has 0 aliphatic heterocycles. The molecule has 3 aromatic rings. The Kier molecular flexibility index (Phi) is 5.50. The van der Waals surface area contributed by atoms with E-state index in [1.165, 1.54) is 23.5 Å². The van der Waals surface area contributed by atoms with Gasteiger partial charge in [-0.25, -0.2) is 12.8 Å². The van der Waals surface area contributed by atoms with Gasteiger partial charge in [0, 0.05) is 4.88 Å². The predicted octanol–water partition coefficient (Wildman–Crippen LogP) is 3.53. The fraction of sp³-hybridized carbons (Fsp3) is 0.143. The minimum absolute atomic E-state index is 0.0500. The van der Waals surface area contributed by atoms with Crippen molar-refractivity contribution in [1.29, 1.82) is 0 Å². The molecule has 0 bridgehead atoms. The van der Waals surface area contributed by atoms with E-state index >= 15 is 0 Å². The molecule has 0 unspecified atom stereocenters. The molecule has 10 heteroatoms. The summed E-state index contributed by atoms with van der Waals surface area (Å²) in [6.45, 7) is 0. The lowest BCUT2D eigenvalue weighted by molar-refractivity contribution is 0.100. The average Bonchev–Trinajstić information content (AvgIpc) is 3.28. The second-order valence-electron chi connectivity index (χ2n) is 6.98. The van der Waals surface area contributed by atoms with Gasteiger partial charge in [-0.3, -0.25) is 14.3 Å². The molecule has 0 spiro atoms. The summed E-state index contributed by atoms with van der Waals surface area (Å²) in [6, 6.07) is 10.4. The van der Waals surface area contributed by atoms with Crippen molar-refractivity contribution in [2.45, 2.75) is 24.2 Å². The van der Waals surface area contributed by atoms with Crippen molar-refractivity contribution in [2.24, 2.45) is 5.73 Å². The van der Waals surface area contributed by atoms with E-state index in [0.717, 1.165) is 54.0 Å². The van der Waals surface area contributed by atoms with Crippen LogP contribution in [-0.2, 0) is 22.9 Å². The first-order chi connectivity index (χ1) is 14.8. The quantitative estimate of drug-likeness (QED) is 0.522. The van der Waals surface area contributed by atoms with Crippen molar-refractivity contribution in [3.05, 3.63) is 75.9 Å². The van der Waals surface area contributed by atoms with Gasteiger partial charge < -0.3 is 11.1 Å². The molecule has 160 valence electrons. The summed E-state index contributed by atoms with van der Waals surface area (Å²) >= 11 is 1.31. The minimum atomic E-state index is -4.05. The number of benzene rings is 2. The zero-order chi connectivity index (χ0) is 22.2. The summed E-state index contributed by atoms with van der Waals surface area (Å²) < 4.78 is 40.8. The minimum Gasteiger partial charge on any atom is -0.365 e. The van der Waals surface area contributed by atoms with E-state index in [0.29, 0.717) is 10.6 Å². The molecule has 0 radical (unpaired) electrons. The Morgan fingerprint density at radius 3 is 2.45 bits per heavy atom. The van der Waals surface area contributed by atoms with Crippen molar-refractivity contribution in [3.8, 4) is 0 Å². The van der Waals surface area contributed by atoms with Crippen molar-refractivity contribution in [2.75, 3.05) is 10.0 Å². The van der Waals surface area contributed by atoms with Crippen LogP contribution in [0.15, 0.2) is 53.4 Å². The van der Waals surface area contributed by atoms with Crippen LogP contribution in [0.1, 0.15) is 37.6 Å². The van der Waals surface area contributed by atoms with Gasteiger partial charge >= 0.3 is 0 Å². The molecular formula is C21H18FN3O4S2. The fourth-order valence-electron chi connectivity index (χ4n) is 3.51. The smallest absolute Gasteiger partial charge is 0.261 e. The highest BCUT2D eigenvalue weighted by atomic mass is 32.2. The van der Waals surface area contributed by atoms with Gasteiger partial charge in [-0.1, -0.05) is 12.1 Å². The van der Waals surface area contributed by atoms with Crippen LogP contribution in [0.5, 0.6) is 0 Å². The van der Waals surface area contributed by atoms with Gasteiger partial charge in [0.1, 0.15) is 10.8 Å². The molecule has 0 saturated heterocycles. The molecule has 1 aromatic heterocycles. The normalized spacial score (nSPS) is 12.9. The number of anilines is 2. The third-order valence-electron chi connectivity index (χ3n) is 4.93. The molecule has 4 N–H and O–H groups in total. The molecule has 4 rings (SSSR count). The Morgan fingerprint density at radius 2 is 1.74 bits per heavy atom. The van der Waals surface area contributed by atoms with Gasteiger partial charge in [0.25, 0.3) is 21.8 Å². The number of para-hydroxylation sites is 1. The molecule has 0 saturated carbocycles. The SMILES string of the molecule is NC(=O)c1c(NC(=O)c2ccccc2NS(=O)(=O)c2ccc(F)cc2)sc2c1CCC2. The van der Waals surface area contributed by atoms with Crippen LogP contribution < -0.4 is 15.8 Å². The van der Waals surface area contributed by atoms with E-state index in [1.807, 2.05) is 0 Å². The van der Waals surface area contributed by atoms with Crippen molar-refractivity contribution < 1.29 is 22.4 Å². The number of carbonyl (C=O) groups is 2. The van der Waals surface area contributed by atoms with Crippen LogP contribution in [0.2, 0.25) is 0 Å². The number of nitrogens with one attached hydrogen (secondary N) is 2. The number of amides is 2. The number of carbonyl (C=O) groups excluding carboxylic acids is 2. The van der Waals surface area contributed by atoms with Crippen LogP contribution in [0.25, 0.3) is 0 Å². The van der Waals surface area contributed by atoms with E-state index < -0.39 is 27.7 Å². The van der Waals surface area contributed by atoms with Gasteiger partial charge in [0.05, 0.1) is 21.7 Å².